The highest BCUT2D eigenvalue weighted by Gasteiger charge is 2.30. The van der Waals surface area contributed by atoms with Gasteiger partial charge < -0.3 is 0 Å². The van der Waals surface area contributed by atoms with Crippen molar-refractivity contribution in [3.63, 3.8) is 0 Å². The predicted octanol–water partition coefficient (Wildman–Crippen LogP) is 3.49. The number of nitrogens with zero attached hydrogens (tertiary/aromatic N) is 1. The lowest BCUT2D eigenvalue weighted by Crippen LogP contribution is -2.08. The predicted molar refractivity (Wildman–Crippen MR) is 47.7 cm³/mol. The van der Waals surface area contributed by atoms with Crippen LogP contribution >= 0.6 is 0 Å². The van der Waals surface area contributed by atoms with E-state index in [0.29, 0.717) is 12.1 Å². The van der Waals surface area contributed by atoms with Crippen molar-refractivity contribution < 1.29 is 13.2 Å². The summed E-state index contributed by atoms with van der Waals surface area (Å²) in [6, 6.07) is 0. The zero-order valence-electron chi connectivity index (χ0n) is 7.65. The zero-order valence-corrected chi connectivity index (χ0v) is 7.65. The van der Waals surface area contributed by atoms with Crippen LogP contribution in [0.3, 0.4) is 0 Å². The Balaban J connectivity index is 4.62. The van der Waals surface area contributed by atoms with Crippen molar-refractivity contribution in [2.45, 2.75) is 26.4 Å². The lowest BCUT2D eigenvalue weighted by molar-refractivity contribution is -0.0878. The van der Waals surface area contributed by atoms with Gasteiger partial charge in [-0.1, -0.05) is 13.5 Å². The number of aliphatic imine (C=N–C) groups is 1. The van der Waals surface area contributed by atoms with Gasteiger partial charge in [-0.2, -0.15) is 13.2 Å². The molecule has 0 aliphatic heterocycles. The van der Waals surface area contributed by atoms with Gasteiger partial charge in [0.15, 0.2) is 0 Å². The summed E-state index contributed by atoms with van der Waals surface area (Å²) in [5.74, 6) is 0. The van der Waals surface area contributed by atoms with E-state index < -0.39 is 11.7 Å². The summed E-state index contributed by atoms with van der Waals surface area (Å²) in [5, 5.41) is 0. The number of halogens is 3. The van der Waals surface area contributed by atoms with E-state index in [9.17, 15) is 13.2 Å². The van der Waals surface area contributed by atoms with E-state index in [4.69, 9.17) is 0 Å². The highest BCUT2D eigenvalue weighted by molar-refractivity contribution is 5.55. The minimum atomic E-state index is -4.36. The maximum absolute atomic E-state index is 12.0. The van der Waals surface area contributed by atoms with Crippen LogP contribution in [0.15, 0.2) is 28.9 Å². The summed E-state index contributed by atoms with van der Waals surface area (Å²) in [7, 11) is 0. The highest BCUT2D eigenvalue weighted by atomic mass is 19.4. The maximum atomic E-state index is 12.0. The number of alkyl halides is 3. The molecule has 0 aliphatic rings. The molecule has 13 heavy (non-hydrogen) atoms. The first-order valence-electron chi connectivity index (χ1n) is 3.87. The molecule has 4 heteroatoms. The first kappa shape index (κ1) is 11.9. The quantitative estimate of drug-likeness (QED) is 0.478. The van der Waals surface area contributed by atoms with Gasteiger partial charge >= 0.3 is 6.18 Å². The van der Waals surface area contributed by atoms with Crippen molar-refractivity contribution in [2.75, 3.05) is 0 Å². The van der Waals surface area contributed by atoms with Crippen molar-refractivity contribution in [1.82, 2.24) is 0 Å². The molecule has 0 saturated carbocycles. The first-order chi connectivity index (χ1) is 5.91. The molecular formula is C9H12F3N. The summed E-state index contributed by atoms with van der Waals surface area (Å²) in [4.78, 5) is 3.77. The second kappa shape index (κ2) is 4.84. The molecule has 0 heterocycles. The van der Waals surface area contributed by atoms with E-state index in [-0.39, 0.29) is 0 Å². The average molecular weight is 191 g/mol. The average Bonchev–Trinajstić information content (AvgIpc) is 2.01. The van der Waals surface area contributed by atoms with Crippen LogP contribution in [0.4, 0.5) is 13.2 Å². The fourth-order valence-corrected chi connectivity index (χ4v) is 0.679. The SMILES string of the molecule is C=C(/C=C(/CC)N=CC)C(F)(F)F. The van der Waals surface area contributed by atoms with Gasteiger partial charge in [0.05, 0.1) is 5.57 Å². The molecule has 0 unspecified atom stereocenters. The molecule has 0 aromatic carbocycles. The van der Waals surface area contributed by atoms with Gasteiger partial charge in [0.1, 0.15) is 0 Å². The third kappa shape index (κ3) is 4.50. The molecule has 0 atom stereocenters. The van der Waals surface area contributed by atoms with E-state index in [1.807, 2.05) is 0 Å². The van der Waals surface area contributed by atoms with Crippen LogP contribution < -0.4 is 0 Å². The van der Waals surface area contributed by atoms with Crippen molar-refractivity contribution in [1.29, 1.82) is 0 Å². The molecule has 0 amide bonds. The van der Waals surface area contributed by atoms with Gasteiger partial charge in [-0.15, -0.1) is 0 Å². The Morgan fingerprint density at radius 3 is 2.31 bits per heavy atom. The van der Waals surface area contributed by atoms with Gasteiger partial charge in [-0.3, -0.25) is 4.99 Å². The Kier molecular flexibility index (Phi) is 4.45. The van der Waals surface area contributed by atoms with E-state index in [1.165, 1.54) is 6.21 Å². The number of hydrogen-bond acceptors (Lipinski definition) is 1. The van der Waals surface area contributed by atoms with Gasteiger partial charge in [0.25, 0.3) is 0 Å². The van der Waals surface area contributed by atoms with Crippen LogP contribution in [0, 0.1) is 0 Å². The van der Waals surface area contributed by atoms with Crippen LogP contribution in [-0.2, 0) is 0 Å². The molecule has 0 aromatic rings. The van der Waals surface area contributed by atoms with Gasteiger partial charge in [-0.25, -0.2) is 0 Å². The molecule has 1 nitrogen and oxygen atoms in total. The monoisotopic (exact) mass is 191 g/mol. The molecule has 0 bridgehead atoms. The summed E-state index contributed by atoms with van der Waals surface area (Å²) >= 11 is 0. The zero-order chi connectivity index (χ0) is 10.5. The van der Waals surface area contributed by atoms with Crippen molar-refractivity contribution in [3.8, 4) is 0 Å². The Hall–Kier alpha value is -1.06. The minimum absolute atomic E-state index is 0.379. The van der Waals surface area contributed by atoms with Crippen molar-refractivity contribution >= 4 is 6.21 Å². The molecule has 0 radical (unpaired) electrons. The van der Waals surface area contributed by atoms with E-state index in [1.54, 1.807) is 13.8 Å². The molecule has 74 valence electrons. The maximum Gasteiger partial charge on any atom is 0.415 e. The van der Waals surface area contributed by atoms with Crippen LogP contribution in [0.5, 0.6) is 0 Å². The van der Waals surface area contributed by atoms with Crippen molar-refractivity contribution in [3.05, 3.63) is 23.9 Å². The topological polar surface area (TPSA) is 12.4 Å². The fraction of sp³-hybridized carbons (Fsp3) is 0.444. The van der Waals surface area contributed by atoms with Crippen molar-refractivity contribution in [2.24, 2.45) is 4.99 Å². The minimum Gasteiger partial charge on any atom is -0.266 e. The smallest absolute Gasteiger partial charge is 0.266 e. The first-order valence-corrected chi connectivity index (χ1v) is 3.87. The lowest BCUT2D eigenvalue weighted by atomic mass is 10.2. The van der Waals surface area contributed by atoms with Crippen LogP contribution in [0.2, 0.25) is 0 Å². The molecule has 0 saturated heterocycles. The third-order valence-electron chi connectivity index (χ3n) is 1.36. The number of hydrogen-bond donors (Lipinski definition) is 0. The Morgan fingerprint density at radius 1 is 1.46 bits per heavy atom. The standard InChI is InChI=1S/C9H12F3N/c1-4-8(13-5-2)6-7(3)9(10,11)12/h5-6H,3-4H2,1-2H3/b8-6-,13-5?. The lowest BCUT2D eigenvalue weighted by Gasteiger charge is -2.06. The molecule has 0 rings (SSSR count). The Morgan fingerprint density at radius 2 is 2.00 bits per heavy atom. The summed E-state index contributed by atoms with van der Waals surface area (Å²) in [6.07, 6.45) is -1.48. The van der Waals surface area contributed by atoms with Crippen LogP contribution in [-0.4, -0.2) is 12.4 Å². The van der Waals surface area contributed by atoms with Gasteiger partial charge in [0, 0.05) is 11.9 Å². The summed E-state index contributed by atoms with van der Waals surface area (Å²) < 4.78 is 36.0. The molecule has 0 aromatic heterocycles. The number of rotatable bonds is 3. The molecule has 0 N–H and O–H groups in total. The van der Waals surface area contributed by atoms with Gasteiger partial charge in [-0.05, 0) is 19.4 Å². The van der Waals surface area contributed by atoms with Crippen LogP contribution in [0.25, 0.3) is 0 Å². The van der Waals surface area contributed by atoms with E-state index in [2.05, 4.69) is 11.6 Å². The summed E-state index contributed by atoms with van der Waals surface area (Å²) in [5.41, 5.74) is -0.486. The van der Waals surface area contributed by atoms with Crippen LogP contribution in [0.1, 0.15) is 20.3 Å². The summed E-state index contributed by atoms with van der Waals surface area (Å²) in [6.45, 7) is 6.31. The Bertz CT molecular complexity index is 236. The molecule has 0 aliphatic carbocycles. The third-order valence-corrected chi connectivity index (χ3v) is 1.36. The molecule has 0 fully saturated rings. The largest absolute Gasteiger partial charge is 0.415 e. The fourth-order valence-electron chi connectivity index (χ4n) is 0.679. The number of allylic oxidation sites excluding steroid dienone is 3. The second-order valence-electron chi connectivity index (χ2n) is 2.40. The second-order valence-corrected chi connectivity index (χ2v) is 2.40. The normalized spacial score (nSPS) is 13.8. The molecule has 0 spiro atoms. The molecular weight excluding hydrogens is 179 g/mol. The highest BCUT2D eigenvalue weighted by Crippen LogP contribution is 2.26. The van der Waals surface area contributed by atoms with E-state index >= 15 is 0 Å². The van der Waals surface area contributed by atoms with Gasteiger partial charge in [0.2, 0.25) is 0 Å². The van der Waals surface area contributed by atoms with E-state index in [0.717, 1.165) is 6.08 Å². The Labute approximate surface area is 75.7 Å².